The van der Waals surface area contributed by atoms with Crippen LogP contribution in [-0.2, 0) is 14.4 Å². The number of amides is 1. The summed E-state index contributed by atoms with van der Waals surface area (Å²) in [6.45, 7) is 0. The van der Waals surface area contributed by atoms with Crippen LogP contribution in [0.25, 0.3) is 0 Å². The summed E-state index contributed by atoms with van der Waals surface area (Å²) in [4.78, 5) is 38.3. The largest absolute Gasteiger partial charge is 0.475 e. The van der Waals surface area contributed by atoms with E-state index in [0.29, 0.717) is 0 Å². The average Bonchev–Trinajstić information content (AvgIpc) is 1.84. The highest BCUT2D eigenvalue weighted by Gasteiger charge is 2.21. The molecule has 0 heterocycles. The summed E-state index contributed by atoms with van der Waals surface area (Å²) in [6.07, 6.45) is 0. The molecule has 0 unspecified atom stereocenters. The molecule has 6 heteroatoms. The van der Waals surface area contributed by atoms with Crippen LogP contribution < -0.4 is 0 Å². The molecule has 0 spiro atoms. The van der Waals surface area contributed by atoms with Crippen molar-refractivity contribution in [2.45, 2.75) is 0 Å². The van der Waals surface area contributed by atoms with Gasteiger partial charge in [0.2, 0.25) is 0 Å². The minimum Gasteiger partial charge on any atom is -0.475 e. The second-order valence-electron chi connectivity index (χ2n) is 1.03. The molecular formula is C3HNO5. The summed E-state index contributed by atoms with van der Waals surface area (Å²) < 4.78 is 0. The molecule has 1 amide bonds. The maximum Gasteiger partial charge on any atom is 0.382 e. The molecule has 9 heavy (non-hydrogen) atoms. The number of nitroso groups, excluding NO2 is 1. The first-order valence-electron chi connectivity index (χ1n) is 1.74. The van der Waals surface area contributed by atoms with Crippen LogP contribution in [-0.4, -0.2) is 22.8 Å². The van der Waals surface area contributed by atoms with E-state index in [4.69, 9.17) is 10.0 Å². The van der Waals surface area contributed by atoms with E-state index >= 15 is 0 Å². The van der Waals surface area contributed by atoms with Gasteiger partial charge in [0.05, 0.1) is 0 Å². The second kappa shape index (κ2) is 2.65. The van der Waals surface area contributed by atoms with Gasteiger partial charge in [-0.2, -0.15) is 0 Å². The van der Waals surface area contributed by atoms with Gasteiger partial charge in [-0.3, -0.25) is 9.59 Å². The van der Waals surface area contributed by atoms with Crippen molar-refractivity contribution in [3.05, 3.63) is 4.91 Å². The zero-order valence-electron chi connectivity index (χ0n) is 4.03. The maximum atomic E-state index is 9.83. The first kappa shape index (κ1) is 7.41. The van der Waals surface area contributed by atoms with E-state index in [1.54, 1.807) is 5.18 Å². The Morgan fingerprint density at radius 1 is 1.22 bits per heavy atom. The van der Waals surface area contributed by atoms with Crippen molar-refractivity contribution in [2.24, 2.45) is 5.18 Å². The van der Waals surface area contributed by atoms with Crippen molar-refractivity contribution >= 4 is 17.7 Å². The summed E-state index contributed by atoms with van der Waals surface area (Å²) in [5.41, 5.74) is 0. The molecule has 48 valence electrons. The molecule has 0 saturated heterocycles. The first-order chi connectivity index (χ1) is 4.09. The van der Waals surface area contributed by atoms with E-state index in [0.717, 1.165) is 0 Å². The molecule has 0 aromatic rings. The summed E-state index contributed by atoms with van der Waals surface area (Å²) in [6, 6.07) is 0. The van der Waals surface area contributed by atoms with Gasteiger partial charge < -0.3 is 5.11 Å². The van der Waals surface area contributed by atoms with E-state index in [2.05, 4.69) is 0 Å². The second-order valence-corrected chi connectivity index (χ2v) is 1.03. The Morgan fingerprint density at radius 3 is 1.78 bits per heavy atom. The molecule has 0 aromatic heterocycles. The highest BCUT2D eigenvalue weighted by Crippen LogP contribution is 1.76. The molecule has 0 atom stereocenters. The van der Waals surface area contributed by atoms with Crippen molar-refractivity contribution in [1.29, 1.82) is 0 Å². The van der Waals surface area contributed by atoms with Crippen LogP contribution in [0.5, 0.6) is 0 Å². The van der Waals surface area contributed by atoms with Gasteiger partial charge in [0, 0.05) is 5.18 Å². The molecular weight excluding hydrogens is 130 g/mol. The van der Waals surface area contributed by atoms with E-state index in [1.807, 2.05) is 0 Å². The third-order valence-corrected chi connectivity index (χ3v) is 0.471. The fraction of sp³-hybridized carbons (Fsp3) is 0. The van der Waals surface area contributed by atoms with Gasteiger partial charge in [-0.25, -0.2) is 4.79 Å². The lowest BCUT2D eigenvalue weighted by molar-refractivity contribution is -0.152. The molecule has 0 bridgehead atoms. The highest BCUT2D eigenvalue weighted by atomic mass is 16.4. The normalized spacial score (nSPS) is 8.00. The summed E-state index contributed by atoms with van der Waals surface area (Å²) in [5, 5.41) is 9.30. The lowest BCUT2D eigenvalue weighted by Gasteiger charge is -1.79. The molecule has 0 saturated carbocycles. The van der Waals surface area contributed by atoms with E-state index in [-0.39, 0.29) is 0 Å². The van der Waals surface area contributed by atoms with Crippen molar-refractivity contribution < 1.29 is 19.5 Å². The third kappa shape index (κ3) is 1.76. The molecule has 0 aliphatic rings. The van der Waals surface area contributed by atoms with Crippen molar-refractivity contribution in [2.75, 3.05) is 0 Å². The summed E-state index contributed by atoms with van der Waals surface area (Å²) >= 11 is 0. The number of carbonyl (C=O) groups excluding carboxylic acids is 2. The lowest BCUT2D eigenvalue weighted by atomic mass is 10.4. The van der Waals surface area contributed by atoms with Gasteiger partial charge in [0.15, 0.2) is 0 Å². The minimum absolute atomic E-state index is 1.59. The van der Waals surface area contributed by atoms with Crippen LogP contribution >= 0.6 is 0 Å². The fourth-order valence-corrected chi connectivity index (χ4v) is 0.133. The summed E-state index contributed by atoms with van der Waals surface area (Å²) in [7, 11) is 0. The van der Waals surface area contributed by atoms with Crippen LogP contribution in [0.4, 0.5) is 0 Å². The van der Waals surface area contributed by atoms with Crippen molar-refractivity contribution in [1.82, 2.24) is 0 Å². The number of carboxylic acids is 1. The Kier molecular flexibility index (Phi) is 2.18. The summed E-state index contributed by atoms with van der Waals surface area (Å²) in [5.74, 6) is -5.58. The van der Waals surface area contributed by atoms with Gasteiger partial charge >= 0.3 is 17.7 Å². The Labute approximate surface area is 48.4 Å². The highest BCUT2D eigenvalue weighted by molar-refractivity contribution is 6.61. The number of nitrogens with zero attached hydrogens (tertiary/aromatic N) is 1. The van der Waals surface area contributed by atoms with Crippen LogP contribution in [0.2, 0.25) is 0 Å². The van der Waals surface area contributed by atoms with Crippen LogP contribution in [0.3, 0.4) is 0 Å². The topological polar surface area (TPSA) is 101 Å². The number of Topliss-reactive ketones (excluding diaryl/α,β-unsaturated/α-hetero) is 1. The molecule has 0 aliphatic carbocycles. The number of hydrogen-bond donors (Lipinski definition) is 1. The predicted molar refractivity (Wildman–Crippen MR) is 23.4 cm³/mol. The van der Waals surface area contributed by atoms with Gasteiger partial charge in [0.1, 0.15) is 0 Å². The zero-order chi connectivity index (χ0) is 7.44. The zero-order valence-corrected chi connectivity index (χ0v) is 4.03. The number of rotatable bonds is 2. The van der Waals surface area contributed by atoms with E-state index < -0.39 is 17.7 Å². The van der Waals surface area contributed by atoms with Gasteiger partial charge in [-0.05, 0) is 0 Å². The minimum atomic E-state index is -1.97. The van der Waals surface area contributed by atoms with Crippen LogP contribution in [0.1, 0.15) is 0 Å². The molecule has 1 N–H and O–H groups in total. The number of carbonyl (C=O) groups is 3. The van der Waals surface area contributed by atoms with E-state index in [9.17, 15) is 14.4 Å². The molecule has 0 radical (unpaired) electrons. The predicted octanol–water partition coefficient (Wildman–Crippen LogP) is -1.07. The standard InChI is InChI=1S/C3HNO5/c5-1(3(7)8)2(6)4-9/h(H,7,8). The van der Waals surface area contributed by atoms with Crippen molar-refractivity contribution in [3.8, 4) is 0 Å². The SMILES string of the molecule is O=NC(=O)C(=O)C(=O)O. The Morgan fingerprint density at radius 2 is 1.67 bits per heavy atom. The Bertz CT molecular complexity index is 183. The van der Waals surface area contributed by atoms with E-state index in [1.165, 1.54) is 0 Å². The number of hydrogen-bond acceptors (Lipinski definition) is 4. The smallest absolute Gasteiger partial charge is 0.382 e. The number of ketones is 1. The van der Waals surface area contributed by atoms with Crippen LogP contribution in [0.15, 0.2) is 5.18 Å². The van der Waals surface area contributed by atoms with Crippen LogP contribution in [0, 0.1) is 4.91 Å². The van der Waals surface area contributed by atoms with Crippen molar-refractivity contribution in [3.63, 3.8) is 0 Å². The first-order valence-corrected chi connectivity index (χ1v) is 1.74. The quantitative estimate of drug-likeness (QED) is 0.292. The van der Waals surface area contributed by atoms with Gasteiger partial charge in [-0.1, -0.05) is 0 Å². The molecule has 6 nitrogen and oxygen atoms in total. The maximum absolute atomic E-state index is 9.83. The molecule has 0 aliphatic heterocycles. The number of carboxylic acid groups (broad SMARTS) is 1. The number of aliphatic carboxylic acids is 1. The lowest BCUT2D eigenvalue weighted by Crippen LogP contribution is -2.20. The Hall–Kier alpha value is -1.59. The molecule has 0 fully saturated rings. The Balaban J connectivity index is 4.22. The molecule has 0 rings (SSSR count). The average molecular weight is 131 g/mol. The fourth-order valence-electron chi connectivity index (χ4n) is 0.133. The molecule has 0 aromatic carbocycles. The van der Waals surface area contributed by atoms with Gasteiger partial charge in [0.25, 0.3) is 0 Å². The monoisotopic (exact) mass is 131 g/mol. The van der Waals surface area contributed by atoms with Gasteiger partial charge in [-0.15, -0.1) is 4.91 Å². The third-order valence-electron chi connectivity index (χ3n) is 0.471.